The number of rotatable bonds is 4. The van der Waals surface area contributed by atoms with Crippen LogP contribution in [0.15, 0.2) is 0 Å². The van der Waals surface area contributed by atoms with Gasteiger partial charge < -0.3 is 5.73 Å². The van der Waals surface area contributed by atoms with Crippen LogP contribution in [0.5, 0.6) is 0 Å². The zero-order valence-corrected chi connectivity index (χ0v) is 10.8. The molecular weight excluding hydrogens is 196 g/mol. The number of hydrogen-bond donors (Lipinski definition) is 1. The summed E-state index contributed by atoms with van der Waals surface area (Å²) in [5, 5.41) is 0. The fraction of sp³-hybridized carbons (Fsp3) is 1.00. The lowest BCUT2D eigenvalue weighted by Crippen LogP contribution is -2.41. The zero-order valence-electron chi connectivity index (χ0n) is 10.8. The number of likely N-dealkylation sites (tertiary alicyclic amines) is 1. The van der Waals surface area contributed by atoms with Gasteiger partial charge in [-0.3, -0.25) is 4.90 Å². The Hall–Kier alpha value is -0.0800. The van der Waals surface area contributed by atoms with E-state index in [4.69, 9.17) is 5.73 Å². The van der Waals surface area contributed by atoms with Gasteiger partial charge in [-0.2, -0.15) is 0 Å². The Bertz CT molecular complexity index is 197. The molecule has 0 spiro atoms. The lowest BCUT2D eigenvalue weighted by molar-refractivity contribution is 0.122. The zero-order chi connectivity index (χ0) is 11.4. The van der Waals surface area contributed by atoms with Gasteiger partial charge in [0.1, 0.15) is 0 Å². The molecule has 1 atom stereocenters. The van der Waals surface area contributed by atoms with E-state index in [-0.39, 0.29) is 0 Å². The third-order valence-corrected chi connectivity index (χ3v) is 4.62. The summed E-state index contributed by atoms with van der Waals surface area (Å²) in [5.41, 5.74) is 5.63. The van der Waals surface area contributed by atoms with Crippen LogP contribution in [0.3, 0.4) is 0 Å². The largest absolute Gasteiger partial charge is 0.330 e. The summed E-state index contributed by atoms with van der Waals surface area (Å²) in [5.74, 6) is 0.973. The average Bonchev–Trinajstić information content (AvgIpc) is 2.75. The van der Waals surface area contributed by atoms with E-state index < -0.39 is 0 Å². The first-order chi connectivity index (χ1) is 7.81. The third kappa shape index (κ3) is 2.98. The molecule has 0 aromatic heterocycles. The van der Waals surface area contributed by atoms with Gasteiger partial charge in [0.2, 0.25) is 0 Å². The quantitative estimate of drug-likeness (QED) is 0.795. The summed E-state index contributed by atoms with van der Waals surface area (Å²) >= 11 is 0. The van der Waals surface area contributed by atoms with E-state index in [1.54, 1.807) is 0 Å². The Morgan fingerprint density at radius 2 is 1.88 bits per heavy atom. The van der Waals surface area contributed by atoms with Crippen molar-refractivity contribution < 1.29 is 0 Å². The number of nitrogens with two attached hydrogens (primary N) is 1. The molecule has 2 nitrogen and oxygen atoms in total. The van der Waals surface area contributed by atoms with Crippen LogP contribution in [-0.4, -0.2) is 30.1 Å². The van der Waals surface area contributed by atoms with Crippen molar-refractivity contribution in [1.82, 2.24) is 4.90 Å². The van der Waals surface area contributed by atoms with E-state index in [0.717, 1.165) is 24.5 Å². The molecule has 94 valence electrons. The molecule has 1 aliphatic heterocycles. The van der Waals surface area contributed by atoms with E-state index in [9.17, 15) is 0 Å². The van der Waals surface area contributed by atoms with E-state index in [1.807, 2.05) is 0 Å². The first-order valence-electron chi connectivity index (χ1n) is 7.27. The van der Waals surface area contributed by atoms with Crippen LogP contribution in [0, 0.1) is 5.92 Å². The van der Waals surface area contributed by atoms with Crippen LogP contribution in [-0.2, 0) is 0 Å². The maximum atomic E-state index is 5.63. The van der Waals surface area contributed by atoms with E-state index >= 15 is 0 Å². The van der Waals surface area contributed by atoms with E-state index in [0.29, 0.717) is 0 Å². The molecule has 2 heteroatoms. The summed E-state index contributed by atoms with van der Waals surface area (Å²) in [7, 11) is 0. The fourth-order valence-corrected chi connectivity index (χ4v) is 3.58. The molecule has 0 radical (unpaired) electrons. The number of hydrogen-bond acceptors (Lipinski definition) is 2. The van der Waals surface area contributed by atoms with Gasteiger partial charge in [0.15, 0.2) is 0 Å². The Kier molecular flexibility index (Phi) is 4.66. The van der Waals surface area contributed by atoms with Crippen molar-refractivity contribution >= 4 is 0 Å². The Labute approximate surface area is 101 Å². The highest BCUT2D eigenvalue weighted by molar-refractivity contribution is 4.87. The van der Waals surface area contributed by atoms with Gasteiger partial charge >= 0.3 is 0 Å². The van der Waals surface area contributed by atoms with Crippen molar-refractivity contribution in [2.45, 2.75) is 70.4 Å². The molecular formula is C14H28N2. The Balaban J connectivity index is 1.82. The van der Waals surface area contributed by atoms with Gasteiger partial charge in [0.25, 0.3) is 0 Å². The average molecular weight is 224 g/mol. The third-order valence-electron chi connectivity index (χ3n) is 4.62. The Morgan fingerprint density at radius 3 is 2.56 bits per heavy atom. The van der Waals surface area contributed by atoms with Crippen molar-refractivity contribution in [1.29, 1.82) is 0 Å². The summed E-state index contributed by atoms with van der Waals surface area (Å²) in [4.78, 5) is 2.82. The minimum atomic E-state index is 0.863. The van der Waals surface area contributed by atoms with Crippen LogP contribution in [0.25, 0.3) is 0 Å². The second-order valence-electron chi connectivity index (χ2n) is 5.88. The molecule has 0 amide bonds. The molecule has 0 bridgehead atoms. The maximum absolute atomic E-state index is 5.63. The SMILES string of the molecule is CC1CCC(N2CCCC2CCCN)CC1. The molecule has 2 aliphatic rings. The lowest BCUT2D eigenvalue weighted by atomic mass is 9.86. The molecule has 2 N–H and O–H groups in total. The van der Waals surface area contributed by atoms with Gasteiger partial charge in [0.05, 0.1) is 0 Å². The highest BCUT2D eigenvalue weighted by atomic mass is 15.2. The van der Waals surface area contributed by atoms with Gasteiger partial charge in [-0.1, -0.05) is 6.92 Å². The van der Waals surface area contributed by atoms with Crippen LogP contribution in [0.1, 0.15) is 58.3 Å². The standard InChI is InChI=1S/C14H28N2/c1-12-6-8-14(9-7-12)16-11-3-5-13(16)4-2-10-15/h12-14H,2-11,15H2,1H3. The molecule has 16 heavy (non-hydrogen) atoms. The highest BCUT2D eigenvalue weighted by Crippen LogP contribution is 2.32. The van der Waals surface area contributed by atoms with Crippen LogP contribution in [0.2, 0.25) is 0 Å². The maximum Gasteiger partial charge on any atom is 0.00991 e. The molecule has 0 aromatic rings. The first-order valence-corrected chi connectivity index (χ1v) is 7.27. The predicted octanol–water partition coefficient (Wildman–Crippen LogP) is 2.77. The lowest BCUT2D eigenvalue weighted by Gasteiger charge is -2.37. The topological polar surface area (TPSA) is 29.3 Å². The summed E-state index contributed by atoms with van der Waals surface area (Å²) in [6.45, 7) is 4.63. The van der Waals surface area contributed by atoms with Gasteiger partial charge in [-0.05, 0) is 70.4 Å². The smallest absolute Gasteiger partial charge is 0.00991 e. The van der Waals surface area contributed by atoms with Crippen molar-refractivity contribution in [2.24, 2.45) is 11.7 Å². The molecule has 1 saturated carbocycles. The monoisotopic (exact) mass is 224 g/mol. The van der Waals surface area contributed by atoms with E-state index in [2.05, 4.69) is 11.8 Å². The molecule has 0 aromatic carbocycles. The van der Waals surface area contributed by atoms with E-state index in [1.165, 1.54) is 57.9 Å². The Morgan fingerprint density at radius 1 is 1.12 bits per heavy atom. The van der Waals surface area contributed by atoms with Crippen LogP contribution in [0.4, 0.5) is 0 Å². The van der Waals surface area contributed by atoms with Crippen LogP contribution >= 0.6 is 0 Å². The van der Waals surface area contributed by atoms with Crippen molar-refractivity contribution in [3.05, 3.63) is 0 Å². The molecule has 2 fully saturated rings. The van der Waals surface area contributed by atoms with Crippen molar-refractivity contribution in [2.75, 3.05) is 13.1 Å². The normalized spacial score (nSPS) is 36.8. The molecule has 1 unspecified atom stereocenters. The van der Waals surface area contributed by atoms with Gasteiger partial charge in [-0.15, -0.1) is 0 Å². The second-order valence-corrected chi connectivity index (χ2v) is 5.88. The predicted molar refractivity (Wildman–Crippen MR) is 69.4 cm³/mol. The van der Waals surface area contributed by atoms with Crippen molar-refractivity contribution in [3.63, 3.8) is 0 Å². The summed E-state index contributed by atoms with van der Waals surface area (Å²) < 4.78 is 0. The molecule has 1 aliphatic carbocycles. The minimum Gasteiger partial charge on any atom is -0.330 e. The first kappa shape index (κ1) is 12.4. The van der Waals surface area contributed by atoms with Crippen LogP contribution < -0.4 is 5.73 Å². The second kappa shape index (κ2) is 6.02. The summed E-state index contributed by atoms with van der Waals surface area (Å²) in [6, 6.07) is 1.77. The molecule has 1 heterocycles. The van der Waals surface area contributed by atoms with Gasteiger partial charge in [0, 0.05) is 12.1 Å². The summed E-state index contributed by atoms with van der Waals surface area (Å²) in [6.07, 6.45) is 11.2. The molecule has 2 rings (SSSR count). The fourth-order valence-electron chi connectivity index (χ4n) is 3.58. The molecule has 1 saturated heterocycles. The van der Waals surface area contributed by atoms with Gasteiger partial charge in [-0.25, -0.2) is 0 Å². The highest BCUT2D eigenvalue weighted by Gasteiger charge is 2.31. The van der Waals surface area contributed by atoms with Crippen molar-refractivity contribution in [3.8, 4) is 0 Å². The minimum absolute atomic E-state index is 0.863. The number of nitrogens with zero attached hydrogens (tertiary/aromatic N) is 1.